The number of benzene rings is 1. The monoisotopic (exact) mass is 441 g/mol. The van der Waals surface area contributed by atoms with Crippen LogP contribution in [0.25, 0.3) is 0 Å². The van der Waals surface area contributed by atoms with E-state index in [4.69, 9.17) is 4.98 Å². The number of likely N-dealkylation sites (N-methyl/N-ethyl adjacent to an activating group) is 1. The van der Waals surface area contributed by atoms with Gasteiger partial charge in [0.25, 0.3) is 0 Å². The number of carbonyl (C=O) groups is 1. The fraction of sp³-hybridized carbons (Fsp3) is 0.542. The van der Waals surface area contributed by atoms with E-state index in [0.717, 1.165) is 42.9 Å². The Balaban J connectivity index is 1.60. The van der Waals surface area contributed by atoms with Crippen molar-refractivity contribution in [3.63, 3.8) is 0 Å². The van der Waals surface area contributed by atoms with Crippen molar-refractivity contribution in [1.82, 2.24) is 20.5 Å². The van der Waals surface area contributed by atoms with Gasteiger partial charge >= 0.3 is 0 Å². The first kappa shape index (κ1) is 23.3. The molecule has 3 rings (SSSR count). The normalized spacial score (nSPS) is 16.5. The van der Waals surface area contributed by atoms with Gasteiger partial charge in [-0.25, -0.2) is 9.98 Å². The van der Waals surface area contributed by atoms with E-state index in [1.807, 2.05) is 0 Å². The zero-order valence-electron chi connectivity index (χ0n) is 19.4. The molecule has 1 aromatic heterocycles. The Kier molecular flexibility index (Phi) is 7.70. The Morgan fingerprint density at radius 3 is 2.68 bits per heavy atom. The van der Waals surface area contributed by atoms with E-state index in [1.54, 1.807) is 30.3 Å². The molecular weight excluding hydrogens is 406 g/mol. The van der Waals surface area contributed by atoms with Gasteiger partial charge < -0.3 is 15.5 Å². The number of hydrogen-bond acceptors (Lipinski definition) is 4. The average molecular weight is 442 g/mol. The standard InChI is InChI=1S/C24H35N5OS/c1-24(2,3)22-27-20(16-31-22)12-13-25-23(26-15-21(30)29(4)5)28-19-11-10-17-8-6-7-9-18(17)14-19/h6-9,16,19H,10-15H2,1-5H3,(H2,25,26,28). The molecule has 0 radical (unpaired) electrons. The van der Waals surface area contributed by atoms with Crippen molar-refractivity contribution in [2.45, 2.75) is 57.9 Å². The van der Waals surface area contributed by atoms with Crippen molar-refractivity contribution in [3.8, 4) is 0 Å². The molecule has 2 aromatic rings. The number of aliphatic imine (C=N–C) groups is 1. The van der Waals surface area contributed by atoms with E-state index in [2.05, 4.69) is 66.0 Å². The lowest BCUT2D eigenvalue weighted by Gasteiger charge is -2.27. The van der Waals surface area contributed by atoms with E-state index >= 15 is 0 Å². The number of aryl methyl sites for hydroxylation is 1. The predicted molar refractivity (Wildman–Crippen MR) is 129 cm³/mol. The number of fused-ring (bicyclic) bond motifs is 1. The molecular formula is C24H35N5OS. The number of aromatic nitrogens is 1. The molecule has 0 spiro atoms. The van der Waals surface area contributed by atoms with Gasteiger partial charge in [-0.05, 0) is 30.4 Å². The first-order valence-corrected chi connectivity index (χ1v) is 11.9. The molecule has 0 saturated heterocycles. The first-order valence-electron chi connectivity index (χ1n) is 11.0. The maximum atomic E-state index is 12.0. The SMILES string of the molecule is CN(C)C(=O)CN=C(NCCc1csc(C(C)(C)C)n1)NC1CCc2ccccc2C1. The fourth-order valence-corrected chi connectivity index (χ4v) is 4.47. The quantitative estimate of drug-likeness (QED) is 0.534. The highest BCUT2D eigenvalue weighted by Gasteiger charge is 2.20. The van der Waals surface area contributed by atoms with Crippen LogP contribution in [0.3, 0.4) is 0 Å². The Morgan fingerprint density at radius 1 is 1.26 bits per heavy atom. The zero-order chi connectivity index (χ0) is 22.4. The molecule has 1 amide bonds. The molecule has 0 saturated carbocycles. The minimum atomic E-state index is -0.00981. The molecule has 168 valence electrons. The maximum Gasteiger partial charge on any atom is 0.243 e. The van der Waals surface area contributed by atoms with Crippen LogP contribution < -0.4 is 10.6 Å². The summed E-state index contributed by atoms with van der Waals surface area (Å²) < 4.78 is 0. The topological polar surface area (TPSA) is 69.6 Å². The van der Waals surface area contributed by atoms with E-state index < -0.39 is 0 Å². The maximum absolute atomic E-state index is 12.0. The summed E-state index contributed by atoms with van der Waals surface area (Å²) in [6, 6.07) is 8.94. The van der Waals surface area contributed by atoms with E-state index in [0.29, 0.717) is 12.0 Å². The molecule has 1 aliphatic carbocycles. The smallest absolute Gasteiger partial charge is 0.243 e. The van der Waals surface area contributed by atoms with Gasteiger partial charge in [0, 0.05) is 43.9 Å². The number of hydrogen-bond donors (Lipinski definition) is 2. The van der Waals surface area contributed by atoms with E-state index in [1.165, 1.54) is 11.1 Å². The predicted octanol–water partition coefficient (Wildman–Crippen LogP) is 3.16. The number of guanidine groups is 1. The van der Waals surface area contributed by atoms with Crippen LogP contribution in [-0.2, 0) is 29.5 Å². The molecule has 1 heterocycles. The molecule has 1 aliphatic rings. The number of rotatable bonds is 6. The van der Waals surface area contributed by atoms with Crippen molar-refractivity contribution in [3.05, 3.63) is 51.5 Å². The number of nitrogens with zero attached hydrogens (tertiary/aromatic N) is 3. The van der Waals surface area contributed by atoms with Crippen molar-refractivity contribution < 1.29 is 4.79 Å². The molecule has 1 unspecified atom stereocenters. The molecule has 1 atom stereocenters. The molecule has 0 bridgehead atoms. The molecule has 0 aliphatic heterocycles. The summed E-state index contributed by atoms with van der Waals surface area (Å²) in [6.07, 6.45) is 3.91. The van der Waals surface area contributed by atoms with Gasteiger partial charge in [-0.15, -0.1) is 11.3 Å². The van der Waals surface area contributed by atoms with Crippen LogP contribution in [0.15, 0.2) is 34.6 Å². The highest BCUT2D eigenvalue weighted by molar-refractivity contribution is 7.09. The third-order valence-corrected chi connectivity index (χ3v) is 6.74. The van der Waals surface area contributed by atoms with Gasteiger partial charge in [0.1, 0.15) is 6.54 Å². The number of nitrogens with one attached hydrogen (secondary N) is 2. The van der Waals surface area contributed by atoms with Gasteiger partial charge in [0.2, 0.25) is 5.91 Å². The second-order valence-corrected chi connectivity index (χ2v) is 10.2. The highest BCUT2D eigenvalue weighted by Crippen LogP contribution is 2.25. The number of carbonyl (C=O) groups excluding carboxylic acids is 1. The molecule has 2 N–H and O–H groups in total. The number of amides is 1. The summed E-state index contributed by atoms with van der Waals surface area (Å²) in [5.74, 6) is 0.690. The second-order valence-electron chi connectivity index (χ2n) is 9.38. The third-order valence-electron chi connectivity index (χ3n) is 5.43. The summed E-state index contributed by atoms with van der Waals surface area (Å²) in [5, 5.41) is 10.3. The van der Waals surface area contributed by atoms with E-state index in [9.17, 15) is 4.79 Å². The molecule has 31 heavy (non-hydrogen) atoms. The van der Waals surface area contributed by atoms with Crippen LogP contribution in [0.4, 0.5) is 0 Å². The molecule has 6 nitrogen and oxygen atoms in total. The van der Waals surface area contributed by atoms with Crippen LogP contribution in [0.2, 0.25) is 0 Å². The van der Waals surface area contributed by atoms with Crippen LogP contribution in [0, 0.1) is 0 Å². The average Bonchev–Trinajstić information content (AvgIpc) is 3.21. The summed E-state index contributed by atoms with van der Waals surface area (Å²) in [5.41, 5.74) is 4.01. The molecule has 7 heteroatoms. The zero-order valence-corrected chi connectivity index (χ0v) is 20.2. The minimum Gasteiger partial charge on any atom is -0.356 e. The Hall–Kier alpha value is -2.41. The highest BCUT2D eigenvalue weighted by atomic mass is 32.1. The lowest BCUT2D eigenvalue weighted by Crippen LogP contribution is -2.46. The summed E-state index contributed by atoms with van der Waals surface area (Å²) >= 11 is 1.72. The third kappa shape index (κ3) is 6.79. The summed E-state index contributed by atoms with van der Waals surface area (Å²) in [4.78, 5) is 23.0. The van der Waals surface area contributed by atoms with Gasteiger partial charge in [-0.3, -0.25) is 4.79 Å². The first-order chi connectivity index (χ1) is 14.7. The summed E-state index contributed by atoms with van der Waals surface area (Å²) in [6.45, 7) is 7.42. The minimum absolute atomic E-state index is 0.00981. The lowest BCUT2D eigenvalue weighted by molar-refractivity contribution is -0.127. The van der Waals surface area contributed by atoms with Gasteiger partial charge in [-0.2, -0.15) is 0 Å². The van der Waals surface area contributed by atoms with Crippen LogP contribution >= 0.6 is 11.3 Å². The lowest BCUT2D eigenvalue weighted by atomic mass is 9.88. The van der Waals surface area contributed by atoms with E-state index in [-0.39, 0.29) is 17.9 Å². The summed E-state index contributed by atoms with van der Waals surface area (Å²) in [7, 11) is 3.51. The fourth-order valence-electron chi connectivity index (χ4n) is 3.53. The molecule has 1 aromatic carbocycles. The van der Waals surface area contributed by atoms with Crippen LogP contribution in [-0.4, -0.2) is 55.0 Å². The molecule has 0 fully saturated rings. The Morgan fingerprint density at radius 2 is 2.00 bits per heavy atom. The van der Waals surface area contributed by atoms with Gasteiger partial charge in [0.05, 0.1) is 10.7 Å². The van der Waals surface area contributed by atoms with Crippen molar-refractivity contribution in [1.29, 1.82) is 0 Å². The van der Waals surface area contributed by atoms with Crippen LogP contribution in [0.1, 0.15) is 49.0 Å². The van der Waals surface area contributed by atoms with Crippen molar-refractivity contribution >= 4 is 23.2 Å². The Bertz CT molecular complexity index is 913. The number of thiazole rings is 1. The van der Waals surface area contributed by atoms with Gasteiger partial charge in [-0.1, -0.05) is 45.0 Å². The van der Waals surface area contributed by atoms with Crippen LogP contribution in [0.5, 0.6) is 0 Å². The second kappa shape index (κ2) is 10.3. The van der Waals surface area contributed by atoms with Crippen molar-refractivity contribution in [2.75, 3.05) is 27.2 Å². The van der Waals surface area contributed by atoms with Gasteiger partial charge in [0.15, 0.2) is 5.96 Å². The largest absolute Gasteiger partial charge is 0.356 e. The Labute approximate surface area is 190 Å². The van der Waals surface area contributed by atoms with Crippen molar-refractivity contribution in [2.24, 2.45) is 4.99 Å².